The van der Waals surface area contributed by atoms with Crippen molar-refractivity contribution in [3.63, 3.8) is 0 Å². The van der Waals surface area contributed by atoms with Crippen molar-refractivity contribution in [2.45, 2.75) is 6.61 Å². The number of nitriles is 1. The fourth-order valence-corrected chi connectivity index (χ4v) is 1.90. The van der Waals surface area contributed by atoms with Gasteiger partial charge in [-0.05, 0) is 51.8 Å². The summed E-state index contributed by atoms with van der Waals surface area (Å²) in [5.74, 6) is 0.720. The molecule has 18 heavy (non-hydrogen) atoms. The number of rotatable bonds is 3. The van der Waals surface area contributed by atoms with E-state index in [4.69, 9.17) is 15.7 Å². The average molecular weight is 303 g/mol. The van der Waals surface area contributed by atoms with Crippen LogP contribution in [0.4, 0.5) is 5.69 Å². The molecule has 0 bridgehead atoms. The summed E-state index contributed by atoms with van der Waals surface area (Å²) < 4.78 is 6.37. The summed E-state index contributed by atoms with van der Waals surface area (Å²) in [6, 6.07) is 14.9. The van der Waals surface area contributed by atoms with E-state index in [1.165, 1.54) is 0 Å². The largest absolute Gasteiger partial charge is 0.489 e. The van der Waals surface area contributed by atoms with Crippen molar-refractivity contribution in [3.8, 4) is 11.8 Å². The number of nitrogens with two attached hydrogens (primary N) is 1. The van der Waals surface area contributed by atoms with Gasteiger partial charge >= 0.3 is 0 Å². The van der Waals surface area contributed by atoms with E-state index >= 15 is 0 Å². The highest BCUT2D eigenvalue weighted by Gasteiger charge is 2.01. The van der Waals surface area contributed by atoms with E-state index in [1.807, 2.05) is 24.3 Å². The molecule has 0 heterocycles. The zero-order valence-corrected chi connectivity index (χ0v) is 11.1. The van der Waals surface area contributed by atoms with Crippen LogP contribution in [-0.2, 0) is 6.61 Å². The fraction of sp³-hybridized carbons (Fsp3) is 0.0714. The zero-order chi connectivity index (χ0) is 13.0. The highest BCUT2D eigenvalue weighted by Crippen LogP contribution is 2.23. The Bertz CT molecular complexity index is 588. The van der Waals surface area contributed by atoms with Gasteiger partial charge < -0.3 is 10.5 Å². The minimum atomic E-state index is 0.471. The van der Waals surface area contributed by atoms with Crippen LogP contribution in [0.5, 0.6) is 5.75 Å². The van der Waals surface area contributed by atoms with Gasteiger partial charge in [0.05, 0.1) is 5.56 Å². The van der Waals surface area contributed by atoms with Crippen LogP contribution in [0.1, 0.15) is 11.1 Å². The molecule has 90 valence electrons. The Balaban J connectivity index is 2.04. The molecule has 0 amide bonds. The predicted molar refractivity (Wildman–Crippen MR) is 74.0 cm³/mol. The van der Waals surface area contributed by atoms with Crippen molar-refractivity contribution < 1.29 is 4.74 Å². The van der Waals surface area contributed by atoms with Gasteiger partial charge in [-0.1, -0.05) is 12.1 Å². The van der Waals surface area contributed by atoms with Crippen molar-refractivity contribution in [1.82, 2.24) is 0 Å². The van der Waals surface area contributed by atoms with E-state index < -0.39 is 0 Å². The molecular weight excluding hydrogens is 292 g/mol. The molecule has 4 heteroatoms. The lowest BCUT2D eigenvalue weighted by Crippen LogP contribution is -1.96. The number of hydrogen-bond acceptors (Lipinski definition) is 3. The van der Waals surface area contributed by atoms with Gasteiger partial charge in [-0.3, -0.25) is 0 Å². The van der Waals surface area contributed by atoms with E-state index in [9.17, 15) is 0 Å². The summed E-state index contributed by atoms with van der Waals surface area (Å²) in [5, 5.41) is 8.81. The van der Waals surface area contributed by atoms with Crippen molar-refractivity contribution in [3.05, 3.63) is 58.1 Å². The third-order valence-corrected chi connectivity index (χ3v) is 3.10. The summed E-state index contributed by atoms with van der Waals surface area (Å²) in [4.78, 5) is 0. The van der Waals surface area contributed by atoms with Gasteiger partial charge in [0.2, 0.25) is 0 Å². The molecule has 0 radical (unpaired) electrons. The molecule has 2 aromatic rings. The molecule has 0 saturated carbocycles. The Morgan fingerprint density at radius 2 is 1.89 bits per heavy atom. The highest BCUT2D eigenvalue weighted by molar-refractivity contribution is 9.10. The number of benzene rings is 2. The molecule has 0 unspecified atom stereocenters. The Morgan fingerprint density at radius 1 is 1.17 bits per heavy atom. The summed E-state index contributed by atoms with van der Waals surface area (Å²) in [6.45, 7) is 0.471. The van der Waals surface area contributed by atoms with Gasteiger partial charge in [-0.15, -0.1) is 0 Å². The molecule has 2 rings (SSSR count). The minimum Gasteiger partial charge on any atom is -0.489 e. The quantitative estimate of drug-likeness (QED) is 0.883. The third kappa shape index (κ3) is 3.02. The molecule has 3 nitrogen and oxygen atoms in total. The Kier molecular flexibility index (Phi) is 3.85. The van der Waals surface area contributed by atoms with E-state index in [2.05, 4.69) is 22.0 Å². The van der Waals surface area contributed by atoms with Crippen molar-refractivity contribution in [1.29, 1.82) is 5.26 Å². The monoisotopic (exact) mass is 302 g/mol. The van der Waals surface area contributed by atoms with E-state index in [1.54, 1.807) is 18.2 Å². The number of halogens is 1. The normalized spacial score (nSPS) is 9.78. The van der Waals surface area contributed by atoms with Gasteiger partial charge in [-0.25, -0.2) is 0 Å². The number of hydrogen-bond donors (Lipinski definition) is 1. The summed E-state index contributed by atoms with van der Waals surface area (Å²) in [6.07, 6.45) is 0. The molecule has 0 aromatic heterocycles. The van der Waals surface area contributed by atoms with Crippen molar-refractivity contribution in [2.75, 3.05) is 5.73 Å². The lowest BCUT2D eigenvalue weighted by atomic mass is 10.2. The molecule has 0 aliphatic carbocycles. The molecule has 0 aliphatic rings. The topological polar surface area (TPSA) is 59.0 Å². The van der Waals surface area contributed by atoms with Gasteiger partial charge in [0.15, 0.2) is 0 Å². The van der Waals surface area contributed by atoms with E-state index in [-0.39, 0.29) is 0 Å². The second-order valence-electron chi connectivity index (χ2n) is 3.78. The molecular formula is C14H11BrN2O. The van der Waals surface area contributed by atoms with Gasteiger partial charge in [0.1, 0.15) is 18.4 Å². The van der Waals surface area contributed by atoms with E-state index in [0.29, 0.717) is 12.2 Å². The van der Waals surface area contributed by atoms with Crippen LogP contribution in [0.2, 0.25) is 0 Å². The molecule has 0 aliphatic heterocycles. The molecule has 0 spiro atoms. The van der Waals surface area contributed by atoms with Crippen LogP contribution in [0.3, 0.4) is 0 Å². The summed E-state index contributed by atoms with van der Waals surface area (Å²) in [5.41, 5.74) is 7.98. The van der Waals surface area contributed by atoms with Crippen LogP contribution in [0, 0.1) is 11.3 Å². The first kappa shape index (κ1) is 12.5. The van der Waals surface area contributed by atoms with Crippen LogP contribution in [0.15, 0.2) is 46.9 Å². The highest BCUT2D eigenvalue weighted by atomic mass is 79.9. The standard InChI is InChI=1S/C14H11BrN2O/c15-14-7-13(6-3-11(14)8-16)18-9-10-1-4-12(17)5-2-10/h1-7H,9,17H2. The number of nitrogen functional groups attached to an aromatic ring is 1. The second-order valence-corrected chi connectivity index (χ2v) is 4.64. The summed E-state index contributed by atoms with van der Waals surface area (Å²) >= 11 is 3.32. The van der Waals surface area contributed by atoms with Crippen LogP contribution in [0.25, 0.3) is 0 Å². The predicted octanol–water partition coefficient (Wildman–Crippen LogP) is 3.48. The van der Waals surface area contributed by atoms with Crippen LogP contribution >= 0.6 is 15.9 Å². The first-order valence-electron chi connectivity index (χ1n) is 5.36. The molecule has 2 aromatic carbocycles. The SMILES string of the molecule is N#Cc1ccc(OCc2ccc(N)cc2)cc1Br. The third-order valence-electron chi connectivity index (χ3n) is 2.45. The van der Waals surface area contributed by atoms with E-state index in [0.717, 1.165) is 21.5 Å². The summed E-state index contributed by atoms with van der Waals surface area (Å²) in [7, 11) is 0. The maximum atomic E-state index is 8.81. The second kappa shape index (κ2) is 5.56. The van der Waals surface area contributed by atoms with Gasteiger partial charge in [0.25, 0.3) is 0 Å². The minimum absolute atomic E-state index is 0.471. The molecule has 0 saturated heterocycles. The fourth-order valence-electron chi connectivity index (χ4n) is 1.46. The lowest BCUT2D eigenvalue weighted by Gasteiger charge is -2.07. The van der Waals surface area contributed by atoms with Crippen molar-refractivity contribution in [2.24, 2.45) is 0 Å². The number of nitrogens with zero attached hydrogens (tertiary/aromatic N) is 1. The Hall–Kier alpha value is -1.99. The zero-order valence-electron chi connectivity index (χ0n) is 9.56. The maximum Gasteiger partial charge on any atom is 0.121 e. The first-order valence-corrected chi connectivity index (χ1v) is 6.15. The van der Waals surface area contributed by atoms with Crippen LogP contribution < -0.4 is 10.5 Å². The van der Waals surface area contributed by atoms with Crippen molar-refractivity contribution >= 4 is 21.6 Å². The first-order chi connectivity index (χ1) is 8.69. The Labute approximate surface area is 114 Å². The molecule has 0 fully saturated rings. The van der Waals surface area contributed by atoms with Crippen LogP contribution in [-0.4, -0.2) is 0 Å². The van der Waals surface area contributed by atoms with Gasteiger partial charge in [0, 0.05) is 10.2 Å². The molecule has 2 N–H and O–H groups in total. The van der Waals surface area contributed by atoms with Gasteiger partial charge in [-0.2, -0.15) is 5.26 Å². The maximum absolute atomic E-state index is 8.81. The Morgan fingerprint density at radius 3 is 2.50 bits per heavy atom. The molecule has 0 atom stereocenters. The number of anilines is 1. The average Bonchev–Trinajstić information content (AvgIpc) is 2.38. The smallest absolute Gasteiger partial charge is 0.121 e. The lowest BCUT2D eigenvalue weighted by molar-refractivity contribution is 0.306. The number of ether oxygens (including phenoxy) is 1.